The molecule has 3 nitrogen and oxygen atoms in total. The molecule has 0 saturated carbocycles. The molecule has 5 heteroatoms. The van der Waals surface area contributed by atoms with Gasteiger partial charge in [0, 0.05) is 22.6 Å². The van der Waals surface area contributed by atoms with E-state index in [9.17, 15) is 13.6 Å². The molecule has 30 heavy (non-hydrogen) atoms. The van der Waals surface area contributed by atoms with Crippen molar-refractivity contribution in [2.75, 3.05) is 5.32 Å². The normalized spacial score (nSPS) is 12.0. The molecule has 0 bridgehead atoms. The van der Waals surface area contributed by atoms with Gasteiger partial charge in [-0.1, -0.05) is 30.3 Å². The van der Waals surface area contributed by atoms with Gasteiger partial charge in [-0.25, -0.2) is 8.78 Å². The number of rotatable bonds is 7. The third-order valence-corrected chi connectivity index (χ3v) is 4.54. The molecule has 0 aliphatic rings. The summed E-state index contributed by atoms with van der Waals surface area (Å²) in [5.41, 5.74) is 10.4. The van der Waals surface area contributed by atoms with E-state index in [1.165, 1.54) is 31.2 Å². The van der Waals surface area contributed by atoms with E-state index in [2.05, 4.69) is 5.32 Å². The number of nitrogens with one attached hydrogen (secondary N) is 1. The molecule has 0 saturated heterocycles. The fourth-order valence-electron chi connectivity index (χ4n) is 2.84. The van der Waals surface area contributed by atoms with Crippen LogP contribution in [0.15, 0.2) is 90.6 Å². The van der Waals surface area contributed by atoms with Gasteiger partial charge in [-0.3, -0.25) is 4.79 Å². The second-order valence-corrected chi connectivity index (χ2v) is 6.86. The standard InChI is InChI=1S/C25H22F2N2O/c1-17(30)19-7-14-23(15-8-19)29-24(13-4-18-2-9-21(26)10-3-18)16-25(28)20-5-11-22(27)12-6-20/h2-3,5-16,29H,4,28H2,1H3/b24-13+,25-16-. The van der Waals surface area contributed by atoms with Gasteiger partial charge < -0.3 is 11.1 Å². The molecule has 0 fully saturated rings. The summed E-state index contributed by atoms with van der Waals surface area (Å²) >= 11 is 0. The van der Waals surface area contributed by atoms with Crippen LogP contribution in [0.3, 0.4) is 0 Å². The third kappa shape index (κ3) is 5.88. The molecule has 0 unspecified atom stereocenters. The molecule has 0 spiro atoms. The predicted octanol–water partition coefficient (Wildman–Crippen LogP) is 5.71. The zero-order valence-electron chi connectivity index (χ0n) is 16.5. The van der Waals surface area contributed by atoms with Gasteiger partial charge in [0.05, 0.1) is 0 Å². The molecule has 0 radical (unpaired) electrons. The molecule has 3 N–H and O–H groups in total. The van der Waals surface area contributed by atoms with E-state index in [0.717, 1.165) is 16.9 Å². The summed E-state index contributed by atoms with van der Waals surface area (Å²) < 4.78 is 26.3. The lowest BCUT2D eigenvalue weighted by atomic mass is 10.1. The summed E-state index contributed by atoms with van der Waals surface area (Å²) in [6.07, 6.45) is 4.25. The van der Waals surface area contributed by atoms with Gasteiger partial charge >= 0.3 is 0 Å². The van der Waals surface area contributed by atoms with E-state index in [4.69, 9.17) is 5.73 Å². The average Bonchev–Trinajstić information content (AvgIpc) is 2.74. The van der Waals surface area contributed by atoms with E-state index >= 15 is 0 Å². The molecule has 0 aliphatic carbocycles. The van der Waals surface area contributed by atoms with Crippen LogP contribution < -0.4 is 11.1 Å². The molecule has 3 aromatic carbocycles. The molecule has 0 aliphatic heterocycles. The van der Waals surface area contributed by atoms with Crippen LogP contribution in [0.2, 0.25) is 0 Å². The van der Waals surface area contributed by atoms with Crippen LogP contribution in [0.25, 0.3) is 5.70 Å². The van der Waals surface area contributed by atoms with Crippen LogP contribution in [-0.2, 0) is 6.42 Å². The summed E-state index contributed by atoms with van der Waals surface area (Å²) in [4.78, 5) is 11.5. The molecule has 0 heterocycles. The third-order valence-electron chi connectivity index (χ3n) is 4.54. The first-order chi connectivity index (χ1) is 14.4. The van der Waals surface area contributed by atoms with Gasteiger partial charge in [0.25, 0.3) is 0 Å². The zero-order chi connectivity index (χ0) is 21.5. The fraction of sp³-hybridized carbons (Fsp3) is 0.0800. The van der Waals surface area contributed by atoms with Crippen molar-refractivity contribution in [1.29, 1.82) is 0 Å². The smallest absolute Gasteiger partial charge is 0.159 e. The Morgan fingerprint density at radius 3 is 1.97 bits per heavy atom. The number of ketones is 1. The quantitative estimate of drug-likeness (QED) is 0.392. The number of halogens is 2. The molecular weight excluding hydrogens is 382 g/mol. The largest absolute Gasteiger partial charge is 0.398 e. The van der Waals surface area contributed by atoms with Crippen LogP contribution >= 0.6 is 0 Å². The molecule has 3 rings (SSSR count). The summed E-state index contributed by atoms with van der Waals surface area (Å²) in [7, 11) is 0. The van der Waals surface area contributed by atoms with Crippen LogP contribution in [0.5, 0.6) is 0 Å². The minimum absolute atomic E-state index is 0.00549. The van der Waals surface area contributed by atoms with Gasteiger partial charge in [0.2, 0.25) is 0 Å². The Balaban J connectivity index is 1.87. The zero-order valence-corrected chi connectivity index (χ0v) is 16.5. The van der Waals surface area contributed by atoms with Crippen molar-refractivity contribution in [3.05, 3.63) is 119 Å². The van der Waals surface area contributed by atoms with Crippen LogP contribution in [0.1, 0.15) is 28.4 Å². The average molecular weight is 404 g/mol. The van der Waals surface area contributed by atoms with Crippen molar-refractivity contribution >= 4 is 17.2 Å². The van der Waals surface area contributed by atoms with Gasteiger partial charge in [0.1, 0.15) is 11.6 Å². The molecular formula is C25H22F2N2O. The number of hydrogen-bond donors (Lipinski definition) is 2. The molecule has 3 aromatic rings. The summed E-state index contributed by atoms with van der Waals surface area (Å²) in [6, 6.07) is 19.3. The van der Waals surface area contributed by atoms with Crippen molar-refractivity contribution in [3.8, 4) is 0 Å². The van der Waals surface area contributed by atoms with Crippen molar-refractivity contribution in [2.45, 2.75) is 13.3 Å². The van der Waals surface area contributed by atoms with E-state index in [0.29, 0.717) is 23.2 Å². The number of hydrogen-bond acceptors (Lipinski definition) is 3. The van der Waals surface area contributed by atoms with Crippen LogP contribution in [0.4, 0.5) is 14.5 Å². The summed E-state index contributed by atoms with van der Waals surface area (Å²) in [5, 5.41) is 3.28. The van der Waals surface area contributed by atoms with Gasteiger partial charge in [-0.05, 0) is 79.1 Å². The summed E-state index contributed by atoms with van der Waals surface area (Å²) in [6.45, 7) is 1.52. The van der Waals surface area contributed by atoms with Crippen molar-refractivity contribution in [3.63, 3.8) is 0 Å². The molecule has 0 atom stereocenters. The van der Waals surface area contributed by atoms with Gasteiger partial charge in [-0.2, -0.15) is 0 Å². The lowest BCUT2D eigenvalue weighted by Crippen LogP contribution is -2.03. The highest BCUT2D eigenvalue weighted by molar-refractivity contribution is 5.94. The Morgan fingerprint density at radius 1 is 0.867 bits per heavy atom. The Bertz CT molecular complexity index is 1070. The first-order valence-corrected chi connectivity index (χ1v) is 9.46. The number of nitrogens with two attached hydrogens (primary N) is 1. The second-order valence-electron chi connectivity index (χ2n) is 6.86. The lowest BCUT2D eigenvalue weighted by molar-refractivity contribution is 0.101. The monoisotopic (exact) mass is 404 g/mol. The van der Waals surface area contributed by atoms with E-state index in [1.807, 2.05) is 18.2 Å². The molecule has 0 aromatic heterocycles. The van der Waals surface area contributed by atoms with Crippen molar-refractivity contribution in [1.82, 2.24) is 0 Å². The van der Waals surface area contributed by atoms with Crippen molar-refractivity contribution < 1.29 is 13.6 Å². The number of Topliss-reactive ketones (excluding diaryl/α,β-unsaturated/α-hetero) is 1. The fourth-order valence-corrected chi connectivity index (χ4v) is 2.84. The minimum Gasteiger partial charge on any atom is -0.398 e. The minimum atomic E-state index is -0.331. The SMILES string of the molecule is CC(=O)c1ccc(NC(/C=C(\N)c2ccc(F)cc2)=C/Cc2ccc(F)cc2)cc1. The molecule has 0 amide bonds. The maximum atomic E-state index is 13.2. The maximum Gasteiger partial charge on any atom is 0.159 e. The Labute approximate surface area is 174 Å². The predicted molar refractivity (Wildman–Crippen MR) is 117 cm³/mol. The second kappa shape index (κ2) is 9.65. The van der Waals surface area contributed by atoms with Crippen molar-refractivity contribution in [2.24, 2.45) is 5.73 Å². The Morgan fingerprint density at radius 2 is 1.40 bits per heavy atom. The van der Waals surface area contributed by atoms with Gasteiger partial charge in [0.15, 0.2) is 5.78 Å². The Kier molecular flexibility index (Phi) is 6.75. The number of carbonyl (C=O) groups excluding carboxylic acids is 1. The maximum absolute atomic E-state index is 13.2. The number of benzene rings is 3. The number of allylic oxidation sites excluding steroid dienone is 2. The highest BCUT2D eigenvalue weighted by Gasteiger charge is 2.03. The first-order valence-electron chi connectivity index (χ1n) is 9.46. The van der Waals surface area contributed by atoms with E-state index in [1.54, 1.807) is 42.5 Å². The topological polar surface area (TPSA) is 55.1 Å². The van der Waals surface area contributed by atoms with Gasteiger partial charge in [-0.15, -0.1) is 0 Å². The Hall–Kier alpha value is -3.73. The van der Waals surface area contributed by atoms with Crippen LogP contribution in [0, 0.1) is 11.6 Å². The highest BCUT2D eigenvalue weighted by atomic mass is 19.1. The van der Waals surface area contributed by atoms with Crippen LogP contribution in [-0.4, -0.2) is 5.78 Å². The lowest BCUT2D eigenvalue weighted by Gasteiger charge is -2.11. The number of anilines is 1. The number of carbonyl (C=O) groups is 1. The van der Waals surface area contributed by atoms with E-state index in [-0.39, 0.29) is 17.4 Å². The summed E-state index contributed by atoms with van der Waals surface area (Å²) in [5.74, 6) is -0.622. The molecule has 152 valence electrons. The highest BCUT2D eigenvalue weighted by Crippen LogP contribution is 2.17. The first kappa shape index (κ1) is 21.0. The van der Waals surface area contributed by atoms with E-state index < -0.39 is 0 Å².